The van der Waals surface area contributed by atoms with Crippen LogP contribution in [0.4, 0.5) is 0 Å². The molecule has 110 valence electrons. The molecule has 1 saturated heterocycles. The lowest BCUT2D eigenvalue weighted by Crippen LogP contribution is -2.42. The van der Waals surface area contributed by atoms with Crippen LogP contribution in [0.1, 0.15) is 37.7 Å². The number of rotatable bonds is 4. The van der Waals surface area contributed by atoms with E-state index in [0.29, 0.717) is 6.04 Å². The minimum Gasteiger partial charge on any atom is -0.315 e. The van der Waals surface area contributed by atoms with E-state index in [4.69, 9.17) is 23.2 Å². The quantitative estimate of drug-likeness (QED) is 0.900. The highest BCUT2D eigenvalue weighted by Gasteiger charge is 2.30. The summed E-state index contributed by atoms with van der Waals surface area (Å²) in [6, 6.07) is 7.31. The van der Waals surface area contributed by atoms with E-state index in [-0.39, 0.29) is 0 Å². The number of hydrogen-bond acceptors (Lipinski definition) is 2. The first kappa shape index (κ1) is 14.6. The molecule has 3 rings (SSSR count). The van der Waals surface area contributed by atoms with Crippen molar-refractivity contribution in [2.24, 2.45) is 0 Å². The van der Waals surface area contributed by atoms with Crippen LogP contribution in [0.2, 0.25) is 10.0 Å². The molecule has 0 spiro atoms. The van der Waals surface area contributed by atoms with Gasteiger partial charge in [0.15, 0.2) is 0 Å². The van der Waals surface area contributed by atoms with E-state index in [1.807, 2.05) is 6.07 Å². The average molecular weight is 313 g/mol. The molecule has 0 aromatic heterocycles. The van der Waals surface area contributed by atoms with Crippen LogP contribution in [0.3, 0.4) is 0 Å². The molecule has 1 atom stereocenters. The van der Waals surface area contributed by atoms with Gasteiger partial charge < -0.3 is 5.32 Å². The summed E-state index contributed by atoms with van der Waals surface area (Å²) in [6.07, 6.45) is 6.68. The molecule has 2 fully saturated rings. The van der Waals surface area contributed by atoms with Gasteiger partial charge in [-0.3, -0.25) is 4.90 Å². The zero-order valence-electron chi connectivity index (χ0n) is 11.7. The summed E-state index contributed by atoms with van der Waals surface area (Å²) >= 11 is 12.3. The minimum atomic E-state index is 0.663. The number of nitrogens with zero attached hydrogens (tertiary/aromatic N) is 1. The maximum atomic E-state index is 6.14. The third-order valence-electron chi connectivity index (χ3n) is 4.58. The zero-order chi connectivity index (χ0) is 13.9. The second kappa shape index (κ2) is 6.65. The summed E-state index contributed by atoms with van der Waals surface area (Å²) in [5.41, 5.74) is 1.24. The molecular weight excluding hydrogens is 291 g/mol. The van der Waals surface area contributed by atoms with Crippen molar-refractivity contribution in [1.82, 2.24) is 10.2 Å². The molecule has 4 heteroatoms. The predicted molar refractivity (Wildman–Crippen MR) is 85.5 cm³/mol. The van der Waals surface area contributed by atoms with Crippen molar-refractivity contribution in [2.75, 3.05) is 13.1 Å². The Morgan fingerprint density at radius 2 is 1.70 bits per heavy atom. The molecule has 1 aromatic rings. The van der Waals surface area contributed by atoms with Crippen LogP contribution in [0.25, 0.3) is 0 Å². The van der Waals surface area contributed by atoms with Gasteiger partial charge in [0.05, 0.1) is 0 Å². The number of hydrogen-bond donors (Lipinski definition) is 1. The average Bonchev–Trinajstić information content (AvgIpc) is 3.08. The first-order chi connectivity index (χ1) is 9.72. The van der Waals surface area contributed by atoms with Crippen LogP contribution >= 0.6 is 23.2 Å². The van der Waals surface area contributed by atoms with Crippen molar-refractivity contribution < 1.29 is 0 Å². The smallest absolute Gasteiger partial charge is 0.0424 e. The summed E-state index contributed by atoms with van der Waals surface area (Å²) < 4.78 is 0. The first-order valence-electron chi connectivity index (χ1n) is 7.64. The highest BCUT2D eigenvalue weighted by molar-refractivity contribution is 6.34. The third kappa shape index (κ3) is 3.48. The Kier molecular flexibility index (Phi) is 4.87. The van der Waals surface area contributed by atoms with Gasteiger partial charge in [0.25, 0.3) is 0 Å². The molecule has 2 nitrogen and oxygen atoms in total. The Balaban J connectivity index is 1.77. The fourth-order valence-electron chi connectivity index (χ4n) is 3.63. The van der Waals surface area contributed by atoms with Crippen LogP contribution in [-0.2, 0) is 6.54 Å². The highest BCUT2D eigenvalue weighted by atomic mass is 35.5. The van der Waals surface area contributed by atoms with Crippen molar-refractivity contribution in [1.29, 1.82) is 0 Å². The molecule has 1 heterocycles. The first-order valence-corrected chi connectivity index (χ1v) is 8.39. The molecule has 1 aromatic carbocycles. The number of nitrogens with one attached hydrogen (secondary N) is 1. The molecule has 1 aliphatic heterocycles. The van der Waals surface area contributed by atoms with Gasteiger partial charge in [-0.15, -0.1) is 0 Å². The summed E-state index contributed by atoms with van der Waals surface area (Å²) in [4.78, 5) is 2.69. The van der Waals surface area contributed by atoms with Crippen LogP contribution < -0.4 is 5.32 Å². The van der Waals surface area contributed by atoms with Gasteiger partial charge in [0.2, 0.25) is 0 Å². The summed E-state index contributed by atoms with van der Waals surface area (Å²) in [7, 11) is 0. The maximum Gasteiger partial charge on any atom is 0.0424 e. The van der Waals surface area contributed by atoms with E-state index in [2.05, 4.69) is 22.3 Å². The fourth-order valence-corrected chi connectivity index (χ4v) is 4.20. The molecule has 0 bridgehead atoms. The van der Waals surface area contributed by atoms with E-state index in [9.17, 15) is 0 Å². The van der Waals surface area contributed by atoms with Crippen LogP contribution in [0, 0.1) is 0 Å². The Bertz CT molecular complexity index is 416. The maximum absolute atomic E-state index is 6.14. The molecule has 1 N–H and O–H groups in total. The molecule has 1 saturated carbocycles. The van der Waals surface area contributed by atoms with Gasteiger partial charge in [0.1, 0.15) is 0 Å². The molecular formula is C16H22Cl2N2. The largest absolute Gasteiger partial charge is 0.315 e. The van der Waals surface area contributed by atoms with E-state index in [1.54, 1.807) is 0 Å². The van der Waals surface area contributed by atoms with Crippen LogP contribution in [0.5, 0.6) is 0 Å². The molecule has 0 radical (unpaired) electrons. The van der Waals surface area contributed by atoms with E-state index < -0.39 is 0 Å². The van der Waals surface area contributed by atoms with Crippen molar-refractivity contribution in [2.45, 2.75) is 50.7 Å². The third-order valence-corrected chi connectivity index (χ3v) is 5.02. The predicted octanol–water partition coefficient (Wildman–Crippen LogP) is 4.10. The van der Waals surface area contributed by atoms with Crippen molar-refractivity contribution in [3.8, 4) is 0 Å². The monoisotopic (exact) mass is 312 g/mol. The Labute approximate surface area is 131 Å². The van der Waals surface area contributed by atoms with Crippen LogP contribution in [0.15, 0.2) is 18.2 Å². The SMILES string of the molecule is Clc1cc(Cl)cc(CN(C2CCCC2)[C@H]2CCNC2)c1. The van der Waals surface area contributed by atoms with Gasteiger partial charge in [-0.25, -0.2) is 0 Å². The van der Waals surface area contributed by atoms with Gasteiger partial charge in [-0.2, -0.15) is 0 Å². The molecule has 2 aliphatic rings. The lowest BCUT2D eigenvalue weighted by Gasteiger charge is -2.34. The summed E-state index contributed by atoms with van der Waals surface area (Å²) in [5.74, 6) is 0. The highest BCUT2D eigenvalue weighted by Crippen LogP contribution is 2.29. The Morgan fingerprint density at radius 1 is 1.00 bits per heavy atom. The molecule has 1 aliphatic carbocycles. The Hall–Kier alpha value is -0.280. The standard InChI is InChI=1S/C16H22Cl2N2/c17-13-7-12(8-14(18)9-13)11-20(15-3-1-2-4-15)16-5-6-19-10-16/h7-9,15-16,19H,1-6,10-11H2/t16-/m0/s1. The number of halogens is 2. The zero-order valence-corrected chi connectivity index (χ0v) is 13.3. The normalized spacial score (nSPS) is 23.9. The van der Waals surface area contributed by atoms with E-state index >= 15 is 0 Å². The molecule has 0 amide bonds. The van der Waals surface area contributed by atoms with Crippen molar-refractivity contribution >= 4 is 23.2 Å². The second-order valence-corrected chi connectivity index (χ2v) is 6.91. The summed E-state index contributed by atoms with van der Waals surface area (Å²) in [5, 5.41) is 4.97. The van der Waals surface area contributed by atoms with Crippen LogP contribution in [-0.4, -0.2) is 30.1 Å². The lowest BCUT2D eigenvalue weighted by atomic mass is 10.1. The van der Waals surface area contributed by atoms with E-state index in [1.165, 1.54) is 37.7 Å². The van der Waals surface area contributed by atoms with Gasteiger partial charge in [0, 0.05) is 35.2 Å². The summed E-state index contributed by atoms with van der Waals surface area (Å²) in [6.45, 7) is 3.23. The van der Waals surface area contributed by atoms with Gasteiger partial charge in [-0.1, -0.05) is 36.0 Å². The fraction of sp³-hybridized carbons (Fsp3) is 0.625. The number of benzene rings is 1. The molecule has 0 unspecified atom stereocenters. The van der Waals surface area contributed by atoms with Gasteiger partial charge >= 0.3 is 0 Å². The van der Waals surface area contributed by atoms with Gasteiger partial charge in [-0.05, 0) is 49.6 Å². The van der Waals surface area contributed by atoms with Crippen molar-refractivity contribution in [3.05, 3.63) is 33.8 Å². The van der Waals surface area contributed by atoms with Crippen molar-refractivity contribution in [3.63, 3.8) is 0 Å². The van der Waals surface area contributed by atoms with E-state index in [0.717, 1.165) is 35.7 Å². The lowest BCUT2D eigenvalue weighted by molar-refractivity contribution is 0.136. The Morgan fingerprint density at radius 3 is 2.30 bits per heavy atom. The molecule has 20 heavy (non-hydrogen) atoms. The second-order valence-electron chi connectivity index (χ2n) is 6.03. The minimum absolute atomic E-state index is 0.663. The topological polar surface area (TPSA) is 15.3 Å².